The fraction of sp³-hybridized carbons (Fsp3) is 0.167. The van der Waals surface area contributed by atoms with Gasteiger partial charge in [0.2, 0.25) is 0 Å². The molecule has 4 heteroatoms. The molecule has 0 bridgehead atoms. The van der Waals surface area contributed by atoms with Gasteiger partial charge in [-0.15, -0.1) is 0 Å². The number of carbonyl (C=O) groups excluding carboxylic acids is 2. The number of halogens is 2. The predicted octanol–water partition coefficient (Wildman–Crippen LogP) is 6.41. The normalized spacial score (nSPS) is 17.9. The van der Waals surface area contributed by atoms with Gasteiger partial charge in [0, 0.05) is 39.4 Å². The average Bonchev–Trinajstić information content (AvgIpc) is 3.07. The number of fused-ring (bicyclic) bond motifs is 1. The number of hydrogen-bond donors (Lipinski definition) is 0. The van der Waals surface area contributed by atoms with Gasteiger partial charge in [0.1, 0.15) is 0 Å². The fourth-order valence-electron chi connectivity index (χ4n) is 3.99. The van der Waals surface area contributed by atoms with Crippen molar-refractivity contribution in [2.45, 2.75) is 18.8 Å². The van der Waals surface area contributed by atoms with Gasteiger partial charge >= 0.3 is 0 Å². The summed E-state index contributed by atoms with van der Waals surface area (Å²) in [7, 11) is 0. The second kappa shape index (κ2) is 7.90. The zero-order valence-corrected chi connectivity index (χ0v) is 16.6. The van der Waals surface area contributed by atoms with Gasteiger partial charge in [-0.3, -0.25) is 9.59 Å². The minimum Gasteiger partial charge on any atom is -0.294 e. The van der Waals surface area contributed by atoms with Crippen LogP contribution in [0.4, 0.5) is 0 Å². The zero-order chi connectivity index (χ0) is 19.7. The van der Waals surface area contributed by atoms with Crippen LogP contribution in [-0.2, 0) is 6.42 Å². The maximum atomic E-state index is 13.2. The lowest BCUT2D eigenvalue weighted by atomic mass is 9.82. The third-order valence-corrected chi connectivity index (χ3v) is 5.92. The number of ketones is 2. The minimum atomic E-state index is -0.255. The monoisotopic (exact) mass is 408 g/mol. The molecule has 0 saturated carbocycles. The Labute approximate surface area is 174 Å². The van der Waals surface area contributed by atoms with Gasteiger partial charge in [-0.2, -0.15) is 0 Å². The van der Waals surface area contributed by atoms with Crippen molar-refractivity contribution >= 4 is 34.8 Å². The molecule has 2 nitrogen and oxygen atoms in total. The first kappa shape index (κ1) is 18.9. The number of Topliss-reactive ketones (excluding diaryl/α,β-unsaturated/α-hetero) is 2. The van der Waals surface area contributed by atoms with Gasteiger partial charge in [0.15, 0.2) is 11.6 Å². The molecule has 140 valence electrons. The largest absolute Gasteiger partial charge is 0.294 e. The molecular formula is C24H18Cl2O2. The van der Waals surface area contributed by atoms with Crippen LogP contribution in [-0.4, -0.2) is 11.6 Å². The van der Waals surface area contributed by atoms with Crippen LogP contribution >= 0.6 is 23.2 Å². The first-order valence-corrected chi connectivity index (χ1v) is 9.95. The van der Waals surface area contributed by atoms with Gasteiger partial charge in [0.05, 0.1) is 0 Å². The molecule has 0 N–H and O–H groups in total. The van der Waals surface area contributed by atoms with Crippen molar-refractivity contribution in [3.63, 3.8) is 0 Å². The Hall–Kier alpha value is -2.42. The van der Waals surface area contributed by atoms with Crippen LogP contribution in [0.1, 0.15) is 44.2 Å². The Kier molecular flexibility index (Phi) is 5.34. The standard InChI is InChI=1S/C24H18Cl2O2/c25-18-9-5-15(6-10-18)23(27)14-21-20-4-2-1-3-17(20)13-22(21)24(28)16-7-11-19(26)12-8-16/h1-12,21-22H,13-14H2/t21-,22-/m1/s1. The SMILES string of the molecule is O=C(C[C@@H]1c2ccccc2C[C@H]1C(=O)c1ccc(Cl)cc1)c1ccc(Cl)cc1. The van der Waals surface area contributed by atoms with Crippen molar-refractivity contribution in [1.82, 2.24) is 0 Å². The van der Waals surface area contributed by atoms with E-state index in [9.17, 15) is 9.59 Å². The Balaban J connectivity index is 1.64. The third-order valence-electron chi connectivity index (χ3n) is 5.42. The van der Waals surface area contributed by atoms with E-state index >= 15 is 0 Å². The molecular weight excluding hydrogens is 391 g/mol. The van der Waals surface area contributed by atoms with Crippen molar-refractivity contribution in [2.24, 2.45) is 5.92 Å². The van der Waals surface area contributed by atoms with Crippen LogP contribution < -0.4 is 0 Å². The molecule has 0 unspecified atom stereocenters. The van der Waals surface area contributed by atoms with Crippen LogP contribution in [0.15, 0.2) is 72.8 Å². The number of hydrogen-bond acceptors (Lipinski definition) is 2. The van der Waals surface area contributed by atoms with Crippen LogP contribution in [0, 0.1) is 5.92 Å². The van der Waals surface area contributed by atoms with Crippen molar-refractivity contribution in [2.75, 3.05) is 0 Å². The summed E-state index contributed by atoms with van der Waals surface area (Å²) in [5.41, 5.74) is 3.48. The Morgan fingerprint density at radius 3 is 2.00 bits per heavy atom. The van der Waals surface area contributed by atoms with E-state index in [-0.39, 0.29) is 23.4 Å². The Morgan fingerprint density at radius 2 is 1.36 bits per heavy atom. The Morgan fingerprint density at radius 1 is 0.786 bits per heavy atom. The van der Waals surface area contributed by atoms with E-state index in [1.54, 1.807) is 48.5 Å². The molecule has 0 amide bonds. The van der Waals surface area contributed by atoms with E-state index in [1.165, 1.54) is 0 Å². The molecule has 2 atom stereocenters. The van der Waals surface area contributed by atoms with Crippen LogP contribution in [0.5, 0.6) is 0 Å². The van der Waals surface area contributed by atoms with Crippen LogP contribution in [0.25, 0.3) is 0 Å². The summed E-state index contributed by atoms with van der Waals surface area (Å²) in [6, 6.07) is 21.9. The van der Waals surface area contributed by atoms with E-state index in [0.717, 1.165) is 11.1 Å². The van der Waals surface area contributed by atoms with Crippen LogP contribution in [0.3, 0.4) is 0 Å². The zero-order valence-electron chi connectivity index (χ0n) is 15.1. The third kappa shape index (κ3) is 3.76. The summed E-state index contributed by atoms with van der Waals surface area (Å²) in [6.45, 7) is 0. The summed E-state index contributed by atoms with van der Waals surface area (Å²) >= 11 is 11.9. The molecule has 28 heavy (non-hydrogen) atoms. The molecule has 0 fully saturated rings. The molecule has 0 spiro atoms. The van der Waals surface area contributed by atoms with Gasteiger partial charge in [0.25, 0.3) is 0 Å². The highest BCUT2D eigenvalue weighted by Crippen LogP contribution is 2.42. The van der Waals surface area contributed by atoms with Gasteiger partial charge in [-0.05, 0) is 66.1 Å². The highest BCUT2D eigenvalue weighted by atomic mass is 35.5. The molecule has 0 aromatic heterocycles. The summed E-state index contributed by atoms with van der Waals surface area (Å²) in [4.78, 5) is 26.1. The molecule has 3 aromatic carbocycles. The second-order valence-corrected chi connectivity index (χ2v) is 7.99. The van der Waals surface area contributed by atoms with E-state index in [0.29, 0.717) is 34.0 Å². The molecule has 1 aliphatic carbocycles. The molecule has 0 heterocycles. The van der Waals surface area contributed by atoms with Gasteiger partial charge in [-0.25, -0.2) is 0 Å². The lowest BCUT2D eigenvalue weighted by molar-refractivity contribution is 0.0886. The highest BCUT2D eigenvalue weighted by Gasteiger charge is 2.38. The molecule has 3 aromatic rings. The predicted molar refractivity (Wildman–Crippen MR) is 113 cm³/mol. The van der Waals surface area contributed by atoms with Crippen molar-refractivity contribution in [3.8, 4) is 0 Å². The summed E-state index contributed by atoms with van der Waals surface area (Å²) < 4.78 is 0. The molecule has 0 aliphatic heterocycles. The smallest absolute Gasteiger partial charge is 0.166 e. The summed E-state index contributed by atoms with van der Waals surface area (Å²) in [5, 5.41) is 1.19. The van der Waals surface area contributed by atoms with E-state index in [2.05, 4.69) is 0 Å². The van der Waals surface area contributed by atoms with Crippen molar-refractivity contribution < 1.29 is 9.59 Å². The minimum absolute atomic E-state index is 0.0206. The highest BCUT2D eigenvalue weighted by molar-refractivity contribution is 6.31. The van der Waals surface area contributed by atoms with Crippen LogP contribution in [0.2, 0.25) is 10.0 Å². The first-order valence-electron chi connectivity index (χ1n) is 9.19. The first-order chi connectivity index (χ1) is 13.5. The topological polar surface area (TPSA) is 34.1 Å². The molecule has 1 aliphatic rings. The fourth-order valence-corrected chi connectivity index (χ4v) is 4.24. The van der Waals surface area contributed by atoms with Gasteiger partial charge < -0.3 is 0 Å². The summed E-state index contributed by atoms with van der Waals surface area (Å²) in [5.74, 6) is -0.313. The van der Waals surface area contributed by atoms with Gasteiger partial charge in [-0.1, -0.05) is 47.5 Å². The summed E-state index contributed by atoms with van der Waals surface area (Å²) in [6.07, 6.45) is 0.943. The number of rotatable bonds is 5. The quantitative estimate of drug-likeness (QED) is 0.457. The maximum absolute atomic E-state index is 13.2. The van der Waals surface area contributed by atoms with E-state index < -0.39 is 0 Å². The molecule has 4 rings (SSSR count). The molecule has 0 radical (unpaired) electrons. The average molecular weight is 409 g/mol. The molecule has 0 saturated heterocycles. The lowest BCUT2D eigenvalue weighted by Crippen LogP contribution is -2.22. The van der Waals surface area contributed by atoms with Crippen molar-refractivity contribution in [3.05, 3.63) is 105 Å². The maximum Gasteiger partial charge on any atom is 0.166 e. The second-order valence-electron chi connectivity index (χ2n) is 7.12. The van der Waals surface area contributed by atoms with E-state index in [4.69, 9.17) is 23.2 Å². The number of benzene rings is 3. The lowest BCUT2D eigenvalue weighted by Gasteiger charge is -2.19. The Bertz CT molecular complexity index is 1020. The number of carbonyl (C=O) groups is 2. The van der Waals surface area contributed by atoms with Crippen molar-refractivity contribution in [1.29, 1.82) is 0 Å². The van der Waals surface area contributed by atoms with E-state index in [1.807, 2.05) is 24.3 Å².